The lowest BCUT2D eigenvalue weighted by atomic mass is 9.89. The number of halogens is 1. The quantitative estimate of drug-likeness (QED) is 0.837. The average Bonchev–Trinajstić information content (AvgIpc) is 2.67. The van der Waals surface area contributed by atoms with Crippen molar-refractivity contribution in [2.75, 3.05) is 0 Å². The normalized spacial score (nSPS) is 25.4. The maximum absolute atomic E-state index is 11.0. The predicted octanol–water partition coefficient (Wildman–Crippen LogP) is 3.31. The van der Waals surface area contributed by atoms with Crippen molar-refractivity contribution in [3.8, 4) is 0 Å². The summed E-state index contributed by atoms with van der Waals surface area (Å²) < 4.78 is 0. The molecule has 1 unspecified atom stereocenters. The summed E-state index contributed by atoms with van der Waals surface area (Å²) in [6, 6.07) is 7.53. The van der Waals surface area contributed by atoms with Gasteiger partial charge in [-0.25, -0.2) is 0 Å². The number of carboxylic acid groups (broad SMARTS) is 1. The first-order valence-corrected chi connectivity index (χ1v) is 5.54. The number of benzene rings is 1. The Hall–Kier alpha value is -1.02. The topological polar surface area (TPSA) is 37.3 Å². The van der Waals surface area contributed by atoms with Crippen LogP contribution in [0.15, 0.2) is 24.3 Å². The molecule has 1 saturated carbocycles. The average molecular weight is 225 g/mol. The van der Waals surface area contributed by atoms with E-state index in [4.69, 9.17) is 16.7 Å². The predicted molar refractivity (Wildman–Crippen MR) is 59.2 cm³/mol. The molecular formula is C12H13ClO2. The SMILES string of the molecule is O=C(O)[C@@H]1CCCC1c1ccc(Cl)cc1. The second-order valence-electron chi connectivity index (χ2n) is 4.03. The van der Waals surface area contributed by atoms with Crippen molar-refractivity contribution in [3.63, 3.8) is 0 Å². The van der Waals surface area contributed by atoms with Gasteiger partial charge >= 0.3 is 5.97 Å². The van der Waals surface area contributed by atoms with E-state index in [9.17, 15) is 4.79 Å². The second kappa shape index (κ2) is 4.23. The van der Waals surface area contributed by atoms with E-state index in [1.54, 1.807) is 0 Å². The zero-order chi connectivity index (χ0) is 10.8. The smallest absolute Gasteiger partial charge is 0.307 e. The van der Waals surface area contributed by atoms with Crippen molar-refractivity contribution in [3.05, 3.63) is 34.9 Å². The summed E-state index contributed by atoms with van der Waals surface area (Å²) in [5.74, 6) is -0.724. The highest BCUT2D eigenvalue weighted by atomic mass is 35.5. The fourth-order valence-corrected chi connectivity index (χ4v) is 2.49. The second-order valence-corrected chi connectivity index (χ2v) is 4.47. The lowest BCUT2D eigenvalue weighted by molar-refractivity contribution is -0.142. The summed E-state index contributed by atoms with van der Waals surface area (Å²) in [6.07, 6.45) is 2.77. The van der Waals surface area contributed by atoms with Crippen LogP contribution in [0.3, 0.4) is 0 Å². The number of hydrogen-bond acceptors (Lipinski definition) is 1. The minimum absolute atomic E-state index is 0.166. The summed E-state index contributed by atoms with van der Waals surface area (Å²) in [5, 5.41) is 9.77. The molecule has 15 heavy (non-hydrogen) atoms. The standard InChI is InChI=1S/C12H13ClO2/c13-9-6-4-8(5-7-9)10-2-1-3-11(10)12(14)15/h4-7,10-11H,1-3H2,(H,14,15)/t10?,11-/m1/s1. The molecule has 1 fully saturated rings. The highest BCUT2D eigenvalue weighted by Crippen LogP contribution is 2.39. The number of rotatable bonds is 2. The van der Waals surface area contributed by atoms with Gasteiger partial charge in [-0.3, -0.25) is 4.79 Å². The summed E-state index contributed by atoms with van der Waals surface area (Å²) in [5.41, 5.74) is 1.10. The van der Waals surface area contributed by atoms with Crippen molar-refractivity contribution in [1.29, 1.82) is 0 Å². The van der Waals surface area contributed by atoms with Gasteiger partial charge < -0.3 is 5.11 Å². The lowest BCUT2D eigenvalue weighted by Gasteiger charge is -2.15. The molecule has 0 spiro atoms. The number of carboxylic acids is 1. The molecule has 2 nitrogen and oxygen atoms in total. The van der Waals surface area contributed by atoms with Gasteiger partial charge in [-0.15, -0.1) is 0 Å². The van der Waals surface area contributed by atoms with Crippen molar-refractivity contribution in [2.45, 2.75) is 25.2 Å². The fraction of sp³-hybridized carbons (Fsp3) is 0.417. The van der Waals surface area contributed by atoms with Crippen LogP contribution in [-0.4, -0.2) is 11.1 Å². The molecule has 0 aromatic heterocycles. The molecule has 0 aliphatic heterocycles. The van der Waals surface area contributed by atoms with Crippen LogP contribution in [0.25, 0.3) is 0 Å². The Morgan fingerprint density at radius 2 is 1.93 bits per heavy atom. The number of aliphatic carboxylic acids is 1. The van der Waals surface area contributed by atoms with E-state index in [0.717, 1.165) is 24.8 Å². The van der Waals surface area contributed by atoms with Gasteiger partial charge in [0, 0.05) is 5.02 Å². The van der Waals surface area contributed by atoms with Crippen molar-refractivity contribution in [1.82, 2.24) is 0 Å². The van der Waals surface area contributed by atoms with Gasteiger partial charge in [-0.05, 0) is 36.5 Å². The summed E-state index contributed by atoms with van der Waals surface area (Å²) >= 11 is 5.80. The van der Waals surface area contributed by atoms with Gasteiger partial charge in [-0.2, -0.15) is 0 Å². The maximum Gasteiger partial charge on any atom is 0.307 e. The minimum atomic E-state index is -0.674. The maximum atomic E-state index is 11.0. The summed E-state index contributed by atoms with van der Waals surface area (Å²) in [4.78, 5) is 11.0. The Labute approximate surface area is 93.9 Å². The highest BCUT2D eigenvalue weighted by molar-refractivity contribution is 6.30. The van der Waals surface area contributed by atoms with Crippen molar-refractivity contribution >= 4 is 17.6 Å². The van der Waals surface area contributed by atoms with Crippen LogP contribution in [0, 0.1) is 5.92 Å². The van der Waals surface area contributed by atoms with E-state index in [-0.39, 0.29) is 11.8 Å². The third kappa shape index (κ3) is 2.15. The van der Waals surface area contributed by atoms with E-state index in [0.29, 0.717) is 5.02 Å². The summed E-state index contributed by atoms with van der Waals surface area (Å²) in [6.45, 7) is 0. The molecule has 1 aromatic rings. The van der Waals surface area contributed by atoms with Gasteiger partial charge in [0.25, 0.3) is 0 Å². The highest BCUT2D eigenvalue weighted by Gasteiger charge is 2.33. The van der Waals surface area contributed by atoms with E-state index < -0.39 is 5.97 Å². The third-order valence-corrected chi connectivity index (χ3v) is 3.38. The summed E-state index contributed by atoms with van der Waals surface area (Å²) in [7, 11) is 0. The Morgan fingerprint density at radius 1 is 1.27 bits per heavy atom. The van der Waals surface area contributed by atoms with Gasteiger partial charge in [-0.1, -0.05) is 30.2 Å². The van der Waals surface area contributed by atoms with Crippen molar-refractivity contribution < 1.29 is 9.90 Å². The molecule has 2 atom stereocenters. The van der Waals surface area contributed by atoms with Crippen molar-refractivity contribution in [2.24, 2.45) is 5.92 Å². The van der Waals surface area contributed by atoms with E-state index >= 15 is 0 Å². The first kappa shape index (κ1) is 10.5. The van der Waals surface area contributed by atoms with Gasteiger partial charge in [0.05, 0.1) is 5.92 Å². The molecule has 0 amide bonds. The first-order valence-electron chi connectivity index (χ1n) is 5.17. The number of carbonyl (C=O) groups is 1. The van der Waals surface area contributed by atoms with E-state index in [1.165, 1.54) is 0 Å². The Kier molecular flexibility index (Phi) is 2.96. The van der Waals surface area contributed by atoms with E-state index in [2.05, 4.69) is 0 Å². The molecule has 2 rings (SSSR count). The largest absolute Gasteiger partial charge is 0.481 e. The molecule has 0 heterocycles. The molecule has 0 saturated heterocycles. The van der Waals surface area contributed by atoms with Crippen LogP contribution in [0.5, 0.6) is 0 Å². The van der Waals surface area contributed by atoms with E-state index in [1.807, 2.05) is 24.3 Å². The molecule has 1 N–H and O–H groups in total. The van der Waals surface area contributed by atoms with Crippen LogP contribution < -0.4 is 0 Å². The molecule has 1 aromatic carbocycles. The zero-order valence-corrected chi connectivity index (χ0v) is 9.07. The first-order chi connectivity index (χ1) is 7.18. The fourth-order valence-electron chi connectivity index (χ4n) is 2.36. The Bertz CT molecular complexity index is 358. The van der Waals surface area contributed by atoms with Crippen LogP contribution in [-0.2, 0) is 4.79 Å². The third-order valence-electron chi connectivity index (χ3n) is 3.13. The molecule has 1 aliphatic rings. The molecular weight excluding hydrogens is 212 g/mol. The zero-order valence-electron chi connectivity index (χ0n) is 8.32. The Balaban J connectivity index is 2.22. The molecule has 0 bridgehead atoms. The van der Waals surface area contributed by atoms with Crippen LogP contribution in [0.4, 0.5) is 0 Å². The molecule has 1 aliphatic carbocycles. The van der Waals surface area contributed by atoms with Crippen LogP contribution in [0.2, 0.25) is 5.02 Å². The lowest BCUT2D eigenvalue weighted by Crippen LogP contribution is -2.16. The monoisotopic (exact) mass is 224 g/mol. The van der Waals surface area contributed by atoms with Crippen LogP contribution in [0.1, 0.15) is 30.7 Å². The Morgan fingerprint density at radius 3 is 2.53 bits per heavy atom. The minimum Gasteiger partial charge on any atom is -0.481 e. The van der Waals surface area contributed by atoms with Gasteiger partial charge in [0.15, 0.2) is 0 Å². The van der Waals surface area contributed by atoms with Crippen LogP contribution >= 0.6 is 11.6 Å². The molecule has 80 valence electrons. The van der Waals surface area contributed by atoms with Gasteiger partial charge in [0.1, 0.15) is 0 Å². The van der Waals surface area contributed by atoms with Gasteiger partial charge in [0.2, 0.25) is 0 Å². The number of hydrogen-bond donors (Lipinski definition) is 1. The molecule has 0 radical (unpaired) electrons. The molecule has 3 heteroatoms.